The van der Waals surface area contributed by atoms with Crippen LogP contribution in [0.25, 0.3) is 0 Å². The highest BCUT2D eigenvalue weighted by molar-refractivity contribution is 7.88. The highest BCUT2D eigenvalue weighted by atomic mass is 32.2. The van der Waals surface area contributed by atoms with Crippen molar-refractivity contribution in [2.45, 2.75) is 25.6 Å². The summed E-state index contributed by atoms with van der Waals surface area (Å²) in [7, 11) is -3.61. The standard InChI is InChI=1S/C19H20N2O3S/c1-14-8-10-17(11-9-14)19(16-6-4-3-5-7-16)21-25(22,23)13-18-12-15(2)20-24-18/h3-12,19,21H,13H2,1-2H3/t19-/m1/s1. The van der Waals surface area contributed by atoms with Crippen LogP contribution in [0.5, 0.6) is 0 Å². The largest absolute Gasteiger partial charge is 0.360 e. The quantitative estimate of drug-likeness (QED) is 0.734. The van der Waals surface area contributed by atoms with Crippen molar-refractivity contribution in [3.8, 4) is 0 Å². The second-order valence-corrected chi connectivity index (χ2v) is 7.82. The number of benzene rings is 2. The minimum absolute atomic E-state index is 0.247. The maximum Gasteiger partial charge on any atom is 0.219 e. The van der Waals surface area contributed by atoms with E-state index in [1.54, 1.807) is 13.0 Å². The summed E-state index contributed by atoms with van der Waals surface area (Å²) in [5, 5.41) is 3.74. The molecule has 0 unspecified atom stereocenters. The molecule has 1 N–H and O–H groups in total. The van der Waals surface area contributed by atoms with Gasteiger partial charge in [0.2, 0.25) is 10.0 Å². The second kappa shape index (κ2) is 7.21. The fraction of sp³-hybridized carbons (Fsp3) is 0.211. The van der Waals surface area contributed by atoms with Gasteiger partial charge in [-0.25, -0.2) is 13.1 Å². The van der Waals surface area contributed by atoms with Gasteiger partial charge in [-0.2, -0.15) is 0 Å². The zero-order chi connectivity index (χ0) is 17.9. The summed E-state index contributed by atoms with van der Waals surface area (Å²) in [4.78, 5) is 0. The summed E-state index contributed by atoms with van der Waals surface area (Å²) >= 11 is 0. The van der Waals surface area contributed by atoms with Crippen molar-refractivity contribution in [1.29, 1.82) is 0 Å². The highest BCUT2D eigenvalue weighted by Crippen LogP contribution is 2.24. The van der Waals surface area contributed by atoms with Crippen molar-refractivity contribution in [1.82, 2.24) is 9.88 Å². The average molecular weight is 356 g/mol. The molecule has 2 aromatic carbocycles. The molecule has 0 amide bonds. The third kappa shape index (κ3) is 4.55. The van der Waals surface area contributed by atoms with E-state index in [0.29, 0.717) is 11.5 Å². The molecular weight excluding hydrogens is 336 g/mol. The SMILES string of the molecule is Cc1ccc([C@H](NS(=O)(=O)Cc2cc(C)no2)c2ccccc2)cc1. The Kier molecular flexibility index (Phi) is 5.01. The first-order valence-corrected chi connectivity index (χ1v) is 9.62. The van der Waals surface area contributed by atoms with Gasteiger partial charge in [0, 0.05) is 6.07 Å². The van der Waals surface area contributed by atoms with Gasteiger partial charge in [0.05, 0.1) is 11.7 Å². The number of hydrogen-bond acceptors (Lipinski definition) is 4. The normalized spacial score (nSPS) is 12.9. The van der Waals surface area contributed by atoms with Gasteiger partial charge in [-0.1, -0.05) is 65.3 Å². The fourth-order valence-corrected chi connectivity index (χ4v) is 3.85. The molecule has 3 rings (SSSR count). The Hall–Kier alpha value is -2.44. The van der Waals surface area contributed by atoms with Crippen molar-refractivity contribution in [3.05, 3.63) is 88.8 Å². The molecule has 3 aromatic rings. The number of aromatic nitrogens is 1. The molecule has 6 heteroatoms. The van der Waals surface area contributed by atoms with Crippen LogP contribution in [0, 0.1) is 13.8 Å². The summed E-state index contributed by atoms with van der Waals surface area (Å²) in [5.74, 6) is 0.0731. The van der Waals surface area contributed by atoms with Gasteiger partial charge in [0.25, 0.3) is 0 Å². The van der Waals surface area contributed by atoms with Crippen LogP contribution < -0.4 is 4.72 Å². The monoisotopic (exact) mass is 356 g/mol. The summed E-state index contributed by atoms with van der Waals surface area (Å²) in [6.45, 7) is 3.75. The number of sulfonamides is 1. The first-order valence-electron chi connectivity index (χ1n) is 7.97. The molecule has 0 aliphatic rings. The van der Waals surface area contributed by atoms with Crippen LogP contribution in [0.3, 0.4) is 0 Å². The smallest absolute Gasteiger partial charge is 0.219 e. The van der Waals surface area contributed by atoms with E-state index < -0.39 is 16.1 Å². The van der Waals surface area contributed by atoms with Crippen LogP contribution >= 0.6 is 0 Å². The molecule has 0 aliphatic carbocycles. The predicted molar refractivity (Wildman–Crippen MR) is 96.5 cm³/mol. The number of nitrogens with zero attached hydrogens (tertiary/aromatic N) is 1. The van der Waals surface area contributed by atoms with Crippen LogP contribution in [-0.4, -0.2) is 13.6 Å². The maximum absolute atomic E-state index is 12.6. The Balaban J connectivity index is 1.90. The second-order valence-electron chi connectivity index (χ2n) is 6.07. The van der Waals surface area contributed by atoms with Crippen LogP contribution in [0.4, 0.5) is 0 Å². The molecule has 0 saturated carbocycles. The lowest BCUT2D eigenvalue weighted by atomic mass is 9.99. The molecule has 5 nitrogen and oxygen atoms in total. The Morgan fingerprint density at radius 2 is 1.64 bits per heavy atom. The third-order valence-corrected chi connectivity index (χ3v) is 5.11. The zero-order valence-electron chi connectivity index (χ0n) is 14.1. The molecule has 0 saturated heterocycles. The Morgan fingerprint density at radius 1 is 1.00 bits per heavy atom. The lowest BCUT2D eigenvalue weighted by Crippen LogP contribution is -2.30. The van der Waals surface area contributed by atoms with E-state index in [1.807, 2.05) is 61.5 Å². The minimum Gasteiger partial charge on any atom is -0.360 e. The molecule has 1 heterocycles. The number of hydrogen-bond donors (Lipinski definition) is 1. The molecule has 1 atom stereocenters. The Morgan fingerprint density at radius 3 is 2.24 bits per heavy atom. The first-order chi connectivity index (χ1) is 11.9. The van der Waals surface area contributed by atoms with Crippen LogP contribution in [0.2, 0.25) is 0 Å². The first kappa shape index (κ1) is 17.4. The van der Waals surface area contributed by atoms with Crippen molar-refractivity contribution in [2.75, 3.05) is 0 Å². The van der Waals surface area contributed by atoms with E-state index in [-0.39, 0.29) is 5.75 Å². The van der Waals surface area contributed by atoms with Crippen LogP contribution in [0.1, 0.15) is 34.2 Å². The van der Waals surface area contributed by atoms with E-state index >= 15 is 0 Å². The molecule has 25 heavy (non-hydrogen) atoms. The van der Waals surface area contributed by atoms with Crippen LogP contribution in [-0.2, 0) is 15.8 Å². The van der Waals surface area contributed by atoms with E-state index in [1.165, 1.54) is 0 Å². The molecule has 0 spiro atoms. The summed E-state index contributed by atoms with van der Waals surface area (Å²) in [6, 6.07) is 18.5. The van der Waals surface area contributed by atoms with Gasteiger partial charge in [-0.15, -0.1) is 0 Å². The number of rotatable bonds is 6. The molecule has 0 radical (unpaired) electrons. The fourth-order valence-electron chi connectivity index (χ4n) is 2.63. The molecule has 0 aliphatic heterocycles. The lowest BCUT2D eigenvalue weighted by Gasteiger charge is -2.19. The molecule has 0 fully saturated rings. The van der Waals surface area contributed by atoms with E-state index in [0.717, 1.165) is 16.7 Å². The number of nitrogens with one attached hydrogen (secondary N) is 1. The summed E-state index contributed by atoms with van der Waals surface area (Å²) in [5.41, 5.74) is 3.54. The van der Waals surface area contributed by atoms with E-state index in [9.17, 15) is 8.42 Å². The van der Waals surface area contributed by atoms with Crippen LogP contribution in [0.15, 0.2) is 65.2 Å². The summed E-state index contributed by atoms with van der Waals surface area (Å²) < 4.78 is 33.1. The van der Waals surface area contributed by atoms with Gasteiger partial charge in [-0.05, 0) is 25.0 Å². The van der Waals surface area contributed by atoms with Crippen molar-refractivity contribution < 1.29 is 12.9 Å². The van der Waals surface area contributed by atoms with Crippen molar-refractivity contribution in [3.63, 3.8) is 0 Å². The summed E-state index contributed by atoms with van der Waals surface area (Å²) in [6.07, 6.45) is 0. The van der Waals surface area contributed by atoms with Gasteiger partial charge in [0.15, 0.2) is 5.76 Å². The predicted octanol–water partition coefficient (Wildman–Crippen LogP) is 3.50. The van der Waals surface area contributed by atoms with Gasteiger partial charge >= 0.3 is 0 Å². The molecule has 130 valence electrons. The molecule has 1 aromatic heterocycles. The molecule has 0 bridgehead atoms. The average Bonchev–Trinajstić information content (AvgIpc) is 2.98. The maximum atomic E-state index is 12.6. The minimum atomic E-state index is -3.61. The zero-order valence-corrected chi connectivity index (χ0v) is 15.0. The van der Waals surface area contributed by atoms with Gasteiger partial charge in [0.1, 0.15) is 5.75 Å². The third-order valence-electron chi connectivity index (χ3n) is 3.85. The highest BCUT2D eigenvalue weighted by Gasteiger charge is 2.23. The van der Waals surface area contributed by atoms with E-state index in [2.05, 4.69) is 9.88 Å². The van der Waals surface area contributed by atoms with Crippen molar-refractivity contribution in [2.24, 2.45) is 0 Å². The van der Waals surface area contributed by atoms with E-state index in [4.69, 9.17) is 4.52 Å². The Labute approximate surface area is 147 Å². The topological polar surface area (TPSA) is 72.2 Å². The van der Waals surface area contributed by atoms with Gasteiger partial charge < -0.3 is 4.52 Å². The number of aryl methyl sites for hydroxylation is 2. The Bertz CT molecular complexity index is 932. The van der Waals surface area contributed by atoms with Crippen molar-refractivity contribution >= 4 is 10.0 Å². The van der Waals surface area contributed by atoms with Gasteiger partial charge in [-0.3, -0.25) is 0 Å². The lowest BCUT2D eigenvalue weighted by molar-refractivity contribution is 0.388. The molecular formula is C19H20N2O3S.